The molecule has 4 nitrogen and oxygen atoms in total. The molecule has 1 heterocycles. The molecule has 2 amide bonds. The molecule has 3 aromatic carbocycles. The van der Waals surface area contributed by atoms with Gasteiger partial charge in [-0.15, -0.1) is 0 Å². The van der Waals surface area contributed by atoms with E-state index in [9.17, 15) is 9.59 Å². The Morgan fingerprint density at radius 3 is 2.55 bits per heavy atom. The van der Waals surface area contributed by atoms with Gasteiger partial charge in [-0.1, -0.05) is 69.5 Å². The Balaban J connectivity index is 1.91. The highest BCUT2D eigenvalue weighted by atomic mass is 79.9. The molecule has 0 aliphatic carbocycles. The van der Waals surface area contributed by atoms with E-state index >= 15 is 0 Å². The van der Waals surface area contributed by atoms with Crippen LogP contribution in [0, 0.1) is 0 Å². The first-order valence-electron chi connectivity index (χ1n) is 8.84. The van der Waals surface area contributed by atoms with E-state index in [2.05, 4.69) is 21.2 Å². The molecule has 0 spiro atoms. The van der Waals surface area contributed by atoms with Crippen LogP contribution in [0.15, 0.2) is 71.2 Å². The van der Waals surface area contributed by atoms with Crippen molar-refractivity contribution >= 4 is 56.6 Å². The number of nitrogens with zero attached hydrogens (tertiary/aromatic N) is 1. The fourth-order valence-corrected chi connectivity index (χ4v) is 4.22. The van der Waals surface area contributed by atoms with Crippen molar-refractivity contribution in [1.29, 1.82) is 0 Å². The zero-order valence-electron chi connectivity index (χ0n) is 15.0. The maximum atomic E-state index is 13.6. The second kappa shape index (κ2) is 8.19. The summed E-state index contributed by atoms with van der Waals surface area (Å²) >= 11 is 16.0. The molecule has 1 aliphatic heterocycles. The predicted molar refractivity (Wildman–Crippen MR) is 119 cm³/mol. The number of amides is 2. The standard InChI is InChI=1S/C22H15BrCl2N2O2/c23-14-6-8-18(25)16(10-14)22(29)27-12-20(28)26-19-9-7-15(24)11-17(19)21(27)13-4-2-1-3-5-13/h1-11,21H,12H2,(H,26,28). The van der Waals surface area contributed by atoms with Gasteiger partial charge < -0.3 is 10.2 Å². The zero-order valence-corrected chi connectivity index (χ0v) is 18.1. The van der Waals surface area contributed by atoms with Crippen molar-refractivity contribution in [2.45, 2.75) is 6.04 Å². The van der Waals surface area contributed by atoms with Crippen LogP contribution in [0.5, 0.6) is 0 Å². The lowest BCUT2D eigenvalue weighted by atomic mass is 9.95. The third kappa shape index (κ3) is 4.04. The maximum absolute atomic E-state index is 13.6. The molecular weight excluding hydrogens is 475 g/mol. The summed E-state index contributed by atoms with van der Waals surface area (Å²) in [5.41, 5.74) is 2.56. The van der Waals surface area contributed by atoms with Crippen molar-refractivity contribution in [2.75, 3.05) is 11.9 Å². The number of anilines is 1. The molecule has 0 saturated heterocycles. The number of halogens is 3. The summed E-state index contributed by atoms with van der Waals surface area (Å²) in [6.07, 6.45) is 0. The largest absolute Gasteiger partial charge is 0.324 e. The van der Waals surface area contributed by atoms with Crippen molar-refractivity contribution in [3.8, 4) is 0 Å². The summed E-state index contributed by atoms with van der Waals surface area (Å²) in [5.74, 6) is -0.625. The molecule has 0 bridgehead atoms. The molecule has 0 saturated carbocycles. The Bertz CT molecular complexity index is 1110. The molecule has 1 N–H and O–H groups in total. The van der Waals surface area contributed by atoms with E-state index in [-0.39, 0.29) is 18.4 Å². The highest BCUT2D eigenvalue weighted by Crippen LogP contribution is 2.38. The van der Waals surface area contributed by atoms with Gasteiger partial charge in [0.05, 0.1) is 16.6 Å². The number of benzene rings is 3. The number of hydrogen-bond donors (Lipinski definition) is 1. The lowest BCUT2D eigenvalue weighted by Crippen LogP contribution is -2.39. The van der Waals surface area contributed by atoms with Gasteiger partial charge in [-0.3, -0.25) is 9.59 Å². The molecule has 1 atom stereocenters. The normalized spacial score (nSPS) is 16.0. The summed E-state index contributed by atoms with van der Waals surface area (Å²) < 4.78 is 0.726. The number of nitrogens with one attached hydrogen (secondary N) is 1. The Hall–Kier alpha value is -2.34. The second-order valence-corrected chi connectivity index (χ2v) is 8.41. The highest BCUT2D eigenvalue weighted by Gasteiger charge is 2.34. The van der Waals surface area contributed by atoms with Crippen LogP contribution in [0.2, 0.25) is 10.0 Å². The number of hydrogen-bond acceptors (Lipinski definition) is 2. The van der Waals surface area contributed by atoms with E-state index in [1.807, 2.05) is 30.3 Å². The number of carbonyl (C=O) groups excluding carboxylic acids is 2. The third-order valence-electron chi connectivity index (χ3n) is 4.74. The highest BCUT2D eigenvalue weighted by molar-refractivity contribution is 9.10. The van der Waals surface area contributed by atoms with Gasteiger partial charge in [0.1, 0.15) is 6.54 Å². The molecule has 4 rings (SSSR count). The molecule has 146 valence electrons. The molecule has 29 heavy (non-hydrogen) atoms. The lowest BCUT2D eigenvalue weighted by molar-refractivity contribution is -0.117. The summed E-state index contributed by atoms with van der Waals surface area (Å²) in [7, 11) is 0. The Morgan fingerprint density at radius 1 is 1.03 bits per heavy atom. The zero-order chi connectivity index (χ0) is 20.5. The summed E-state index contributed by atoms with van der Waals surface area (Å²) in [5, 5.41) is 3.72. The van der Waals surface area contributed by atoms with Crippen LogP contribution < -0.4 is 5.32 Å². The molecule has 0 radical (unpaired) electrons. The van der Waals surface area contributed by atoms with Gasteiger partial charge in [0.2, 0.25) is 5.91 Å². The monoisotopic (exact) mass is 488 g/mol. The SMILES string of the molecule is O=C1CN(C(=O)c2cc(Br)ccc2Cl)C(c2ccccc2)c2cc(Cl)ccc2N1. The van der Waals surface area contributed by atoms with Crippen molar-refractivity contribution in [2.24, 2.45) is 0 Å². The van der Waals surface area contributed by atoms with Crippen LogP contribution in [-0.2, 0) is 4.79 Å². The van der Waals surface area contributed by atoms with Crippen LogP contribution in [0.1, 0.15) is 27.5 Å². The van der Waals surface area contributed by atoms with E-state index in [0.717, 1.165) is 15.6 Å². The minimum atomic E-state index is -0.508. The van der Waals surface area contributed by atoms with Crippen LogP contribution in [0.4, 0.5) is 5.69 Å². The van der Waals surface area contributed by atoms with Crippen LogP contribution in [0.25, 0.3) is 0 Å². The topological polar surface area (TPSA) is 49.4 Å². The van der Waals surface area contributed by atoms with Crippen molar-refractivity contribution in [1.82, 2.24) is 4.90 Å². The quantitative estimate of drug-likeness (QED) is 0.484. The number of rotatable bonds is 2. The second-order valence-electron chi connectivity index (χ2n) is 6.65. The molecule has 3 aromatic rings. The Labute approximate surface area is 186 Å². The fourth-order valence-electron chi connectivity index (χ4n) is 3.48. The van der Waals surface area contributed by atoms with E-state index in [4.69, 9.17) is 23.2 Å². The van der Waals surface area contributed by atoms with Crippen molar-refractivity contribution in [3.05, 3.63) is 97.9 Å². The minimum Gasteiger partial charge on any atom is -0.324 e. The summed E-state index contributed by atoms with van der Waals surface area (Å²) in [6.45, 7) is -0.118. The van der Waals surface area contributed by atoms with E-state index in [1.165, 1.54) is 4.90 Å². The van der Waals surface area contributed by atoms with Gasteiger partial charge in [0.15, 0.2) is 0 Å². The first-order valence-corrected chi connectivity index (χ1v) is 10.4. The minimum absolute atomic E-state index is 0.118. The molecule has 7 heteroatoms. The first-order chi connectivity index (χ1) is 13.9. The van der Waals surface area contributed by atoms with Crippen molar-refractivity contribution in [3.63, 3.8) is 0 Å². The smallest absolute Gasteiger partial charge is 0.256 e. The number of carbonyl (C=O) groups is 2. The molecule has 0 fully saturated rings. The molecule has 1 unspecified atom stereocenters. The van der Waals surface area contributed by atoms with Crippen LogP contribution in [0.3, 0.4) is 0 Å². The third-order valence-corrected chi connectivity index (χ3v) is 5.80. The van der Waals surface area contributed by atoms with Crippen LogP contribution >= 0.6 is 39.1 Å². The van der Waals surface area contributed by atoms with Gasteiger partial charge in [-0.05, 0) is 42.0 Å². The summed E-state index contributed by atoms with van der Waals surface area (Å²) in [4.78, 5) is 27.7. The molecule has 1 aliphatic rings. The predicted octanol–water partition coefficient (Wildman–Crippen LogP) is 5.94. The Morgan fingerprint density at radius 2 is 1.79 bits per heavy atom. The fraction of sp³-hybridized carbons (Fsp3) is 0.0909. The van der Waals surface area contributed by atoms with E-state index in [0.29, 0.717) is 21.3 Å². The molecular formula is C22H15BrCl2N2O2. The van der Waals surface area contributed by atoms with Gasteiger partial charge in [-0.25, -0.2) is 0 Å². The molecule has 0 aromatic heterocycles. The Kier molecular flexibility index (Phi) is 5.63. The van der Waals surface area contributed by atoms with Gasteiger partial charge in [0.25, 0.3) is 5.91 Å². The van der Waals surface area contributed by atoms with Gasteiger partial charge >= 0.3 is 0 Å². The number of fused-ring (bicyclic) bond motifs is 1. The van der Waals surface area contributed by atoms with E-state index in [1.54, 1.807) is 36.4 Å². The average Bonchev–Trinajstić information content (AvgIpc) is 2.85. The average molecular weight is 490 g/mol. The van der Waals surface area contributed by atoms with Gasteiger partial charge in [0, 0.05) is 20.7 Å². The van der Waals surface area contributed by atoms with Crippen LogP contribution in [-0.4, -0.2) is 23.3 Å². The lowest BCUT2D eigenvalue weighted by Gasteiger charge is -2.31. The van der Waals surface area contributed by atoms with Crippen molar-refractivity contribution < 1.29 is 9.59 Å². The summed E-state index contributed by atoms with van der Waals surface area (Å²) in [6, 6.07) is 19.4. The maximum Gasteiger partial charge on any atom is 0.256 e. The first kappa shape index (κ1) is 20.0. The van der Waals surface area contributed by atoms with E-state index < -0.39 is 6.04 Å². The van der Waals surface area contributed by atoms with Gasteiger partial charge in [-0.2, -0.15) is 0 Å².